The highest BCUT2D eigenvalue weighted by atomic mass is 32.2. The zero-order valence-corrected chi connectivity index (χ0v) is 19.7. The summed E-state index contributed by atoms with van der Waals surface area (Å²) < 4.78 is 1.80. The molecule has 1 aliphatic heterocycles. The molecule has 1 unspecified atom stereocenters. The van der Waals surface area contributed by atoms with Gasteiger partial charge >= 0.3 is 0 Å². The lowest BCUT2D eigenvalue weighted by Crippen LogP contribution is -2.31. The van der Waals surface area contributed by atoms with Crippen molar-refractivity contribution in [3.63, 3.8) is 0 Å². The van der Waals surface area contributed by atoms with Gasteiger partial charge in [0.05, 0.1) is 5.57 Å². The molecule has 0 radical (unpaired) electrons. The number of anilines is 2. The molecule has 3 heterocycles. The number of nitrogens with one attached hydrogen (secondary N) is 2. The maximum absolute atomic E-state index is 13.5. The minimum Gasteiger partial charge on any atom is -0.328 e. The Morgan fingerprint density at radius 1 is 1.25 bits per heavy atom. The number of fused-ring (bicyclic) bond motifs is 1. The fourth-order valence-corrected chi connectivity index (χ4v) is 4.70. The third-order valence-corrected chi connectivity index (χ3v) is 6.36. The normalized spacial score (nSPS) is 15.3. The first-order valence-corrected chi connectivity index (χ1v) is 11.8. The molecular formula is C24H28N6OS. The fourth-order valence-electron chi connectivity index (χ4n) is 3.78. The summed E-state index contributed by atoms with van der Waals surface area (Å²) >= 11 is 1.63. The van der Waals surface area contributed by atoms with Gasteiger partial charge in [-0.1, -0.05) is 48.9 Å². The van der Waals surface area contributed by atoms with Crippen molar-refractivity contribution in [1.29, 1.82) is 0 Å². The van der Waals surface area contributed by atoms with Crippen LogP contribution in [-0.4, -0.2) is 31.4 Å². The summed E-state index contributed by atoms with van der Waals surface area (Å²) in [5.41, 5.74) is 5.21. The lowest BCUT2D eigenvalue weighted by molar-refractivity contribution is -0.113. The molecule has 32 heavy (non-hydrogen) atoms. The van der Waals surface area contributed by atoms with E-state index in [1.165, 1.54) is 0 Å². The van der Waals surface area contributed by atoms with Crippen LogP contribution in [0.3, 0.4) is 0 Å². The molecule has 0 bridgehead atoms. The zero-order valence-electron chi connectivity index (χ0n) is 18.8. The van der Waals surface area contributed by atoms with Gasteiger partial charge in [-0.15, -0.1) is 5.10 Å². The topological polar surface area (TPSA) is 84.7 Å². The standard InChI is InChI=1S/C24H28N6OS/c1-5-6-12-32-24-28-23-26-17(4)20(21(30(23)29-24)18-8-7-11-25-14-18)22(31)27-19-10-9-15(2)13-16(19)3/h7-11,13-14,21H,5-6,12H2,1-4H3,(H,27,31)(H,26,28,29). The van der Waals surface area contributed by atoms with E-state index in [2.05, 4.69) is 33.6 Å². The Labute approximate surface area is 192 Å². The summed E-state index contributed by atoms with van der Waals surface area (Å²) in [5, 5.41) is 11.8. The van der Waals surface area contributed by atoms with Crippen LogP contribution in [0.5, 0.6) is 0 Å². The first-order valence-electron chi connectivity index (χ1n) is 10.8. The molecule has 4 rings (SSSR count). The molecule has 2 N–H and O–H groups in total. The van der Waals surface area contributed by atoms with Crippen LogP contribution in [0.2, 0.25) is 0 Å². The van der Waals surface area contributed by atoms with Crippen molar-refractivity contribution in [2.45, 2.75) is 51.7 Å². The number of aryl methyl sites for hydroxylation is 2. The Balaban J connectivity index is 1.71. The lowest BCUT2D eigenvalue weighted by atomic mass is 9.96. The monoisotopic (exact) mass is 448 g/mol. The summed E-state index contributed by atoms with van der Waals surface area (Å²) in [6.45, 7) is 8.11. The molecular weight excluding hydrogens is 420 g/mol. The van der Waals surface area contributed by atoms with E-state index in [1.54, 1.807) is 28.8 Å². The second kappa shape index (κ2) is 9.56. The van der Waals surface area contributed by atoms with Crippen LogP contribution in [0.1, 0.15) is 49.4 Å². The summed E-state index contributed by atoms with van der Waals surface area (Å²) in [5.74, 6) is 1.43. The van der Waals surface area contributed by atoms with Crippen LogP contribution in [0, 0.1) is 13.8 Å². The summed E-state index contributed by atoms with van der Waals surface area (Å²) in [6, 6.07) is 9.42. The van der Waals surface area contributed by atoms with Crippen molar-refractivity contribution in [3.8, 4) is 0 Å². The largest absolute Gasteiger partial charge is 0.328 e. The first kappa shape index (κ1) is 22.1. The van der Waals surface area contributed by atoms with Crippen LogP contribution < -0.4 is 10.6 Å². The summed E-state index contributed by atoms with van der Waals surface area (Å²) in [4.78, 5) is 22.5. The molecule has 1 amide bonds. The van der Waals surface area contributed by atoms with Crippen LogP contribution in [-0.2, 0) is 4.79 Å². The first-order chi connectivity index (χ1) is 15.5. The molecule has 7 nitrogen and oxygen atoms in total. The summed E-state index contributed by atoms with van der Waals surface area (Å²) in [7, 11) is 0. The summed E-state index contributed by atoms with van der Waals surface area (Å²) in [6.07, 6.45) is 5.74. The predicted octanol–water partition coefficient (Wildman–Crippen LogP) is 5.11. The number of benzene rings is 1. The molecule has 0 saturated carbocycles. The number of thioether (sulfide) groups is 1. The Morgan fingerprint density at radius 2 is 2.09 bits per heavy atom. The number of pyridine rings is 1. The highest BCUT2D eigenvalue weighted by Crippen LogP contribution is 2.36. The molecule has 8 heteroatoms. The van der Waals surface area contributed by atoms with Gasteiger partial charge in [0, 0.05) is 29.5 Å². The minimum atomic E-state index is -0.418. The van der Waals surface area contributed by atoms with Crippen molar-refractivity contribution >= 4 is 29.3 Å². The van der Waals surface area contributed by atoms with Gasteiger partial charge in [0.1, 0.15) is 6.04 Å². The number of unbranched alkanes of at least 4 members (excludes halogenated alkanes) is 1. The Kier molecular flexibility index (Phi) is 6.60. The van der Waals surface area contributed by atoms with Gasteiger partial charge in [-0.2, -0.15) is 4.98 Å². The van der Waals surface area contributed by atoms with E-state index in [1.807, 2.05) is 45.0 Å². The van der Waals surface area contributed by atoms with Crippen LogP contribution in [0.4, 0.5) is 11.6 Å². The van der Waals surface area contributed by atoms with Gasteiger partial charge in [0.2, 0.25) is 11.1 Å². The molecule has 166 valence electrons. The number of hydrogen-bond acceptors (Lipinski definition) is 6. The van der Waals surface area contributed by atoms with Crippen LogP contribution >= 0.6 is 11.8 Å². The van der Waals surface area contributed by atoms with Gasteiger partial charge in [0.25, 0.3) is 5.91 Å². The third-order valence-electron chi connectivity index (χ3n) is 5.44. The van der Waals surface area contributed by atoms with E-state index in [0.29, 0.717) is 16.7 Å². The Bertz CT molecular complexity index is 1150. The maximum atomic E-state index is 13.5. The minimum absolute atomic E-state index is 0.169. The van der Waals surface area contributed by atoms with E-state index >= 15 is 0 Å². The van der Waals surface area contributed by atoms with Crippen molar-refractivity contribution in [3.05, 3.63) is 70.7 Å². The number of amides is 1. The van der Waals surface area contributed by atoms with Gasteiger partial charge in [-0.05, 0) is 50.5 Å². The van der Waals surface area contributed by atoms with E-state index in [0.717, 1.165) is 46.7 Å². The van der Waals surface area contributed by atoms with Crippen LogP contribution in [0.25, 0.3) is 0 Å². The molecule has 1 aliphatic rings. The number of rotatable bonds is 7. The number of aromatic nitrogens is 4. The Morgan fingerprint density at radius 3 is 2.81 bits per heavy atom. The zero-order chi connectivity index (χ0) is 22.7. The smallest absolute Gasteiger partial charge is 0.255 e. The fraction of sp³-hybridized carbons (Fsp3) is 0.333. The predicted molar refractivity (Wildman–Crippen MR) is 129 cm³/mol. The quantitative estimate of drug-likeness (QED) is 0.386. The molecule has 1 atom stereocenters. The third kappa shape index (κ3) is 4.55. The molecule has 2 aromatic heterocycles. The molecule has 0 saturated heterocycles. The lowest BCUT2D eigenvalue weighted by Gasteiger charge is -2.28. The molecule has 0 aliphatic carbocycles. The molecule has 3 aromatic rings. The van der Waals surface area contributed by atoms with Crippen molar-refractivity contribution < 1.29 is 4.79 Å². The van der Waals surface area contributed by atoms with Crippen molar-refractivity contribution in [2.75, 3.05) is 16.4 Å². The van der Waals surface area contributed by atoms with Crippen LogP contribution in [0.15, 0.2) is 59.2 Å². The van der Waals surface area contributed by atoms with E-state index in [9.17, 15) is 4.79 Å². The second-order valence-electron chi connectivity index (χ2n) is 7.99. The van der Waals surface area contributed by atoms with Gasteiger partial charge in [-0.3, -0.25) is 9.78 Å². The van der Waals surface area contributed by atoms with Crippen molar-refractivity contribution in [2.24, 2.45) is 0 Å². The molecule has 0 fully saturated rings. The van der Waals surface area contributed by atoms with E-state index < -0.39 is 6.04 Å². The number of allylic oxidation sites excluding steroid dienone is 1. The average Bonchev–Trinajstić information content (AvgIpc) is 3.17. The van der Waals surface area contributed by atoms with Crippen molar-refractivity contribution in [1.82, 2.24) is 19.7 Å². The average molecular weight is 449 g/mol. The number of nitrogens with zero attached hydrogens (tertiary/aromatic N) is 4. The number of hydrogen-bond donors (Lipinski definition) is 2. The molecule has 1 aromatic carbocycles. The van der Waals surface area contributed by atoms with Gasteiger partial charge in [-0.25, -0.2) is 4.68 Å². The highest BCUT2D eigenvalue weighted by Gasteiger charge is 2.34. The van der Waals surface area contributed by atoms with E-state index in [4.69, 9.17) is 5.10 Å². The molecule has 0 spiro atoms. The maximum Gasteiger partial charge on any atom is 0.255 e. The number of carbonyl (C=O) groups is 1. The van der Waals surface area contributed by atoms with Gasteiger partial charge < -0.3 is 10.6 Å². The second-order valence-corrected chi connectivity index (χ2v) is 9.05. The Hall–Kier alpha value is -3.13. The van der Waals surface area contributed by atoms with E-state index in [-0.39, 0.29) is 5.91 Å². The number of carbonyl (C=O) groups excluding carboxylic acids is 1. The SMILES string of the molecule is CCCCSc1nc2n(n1)C(c1cccnc1)C(C(=O)Nc1ccc(C)cc1C)=C(C)N2. The highest BCUT2D eigenvalue weighted by molar-refractivity contribution is 7.99. The van der Waals surface area contributed by atoms with Gasteiger partial charge in [0.15, 0.2) is 0 Å².